The standard InChI is InChI=1S/C13H25N3.HI/c1-13(2)9-8-11(13)16-12(14)15-10-6-4-3-5-7-10;/h10-11H,3-9H2,1-2H3,(H3,14,15,16);1H. The number of halogens is 1. The second-order valence-electron chi connectivity index (χ2n) is 6.04. The highest BCUT2D eigenvalue weighted by atomic mass is 127. The first kappa shape index (κ1) is 15.1. The zero-order valence-corrected chi connectivity index (χ0v) is 13.4. The van der Waals surface area contributed by atoms with Crippen molar-refractivity contribution in [1.82, 2.24) is 5.32 Å². The fraction of sp³-hybridized carbons (Fsp3) is 0.923. The minimum absolute atomic E-state index is 0. The lowest BCUT2D eigenvalue weighted by atomic mass is 9.68. The van der Waals surface area contributed by atoms with Gasteiger partial charge in [-0.25, -0.2) is 4.99 Å². The highest BCUT2D eigenvalue weighted by molar-refractivity contribution is 14.0. The Labute approximate surface area is 122 Å². The van der Waals surface area contributed by atoms with Crippen molar-refractivity contribution >= 4 is 29.9 Å². The van der Waals surface area contributed by atoms with Crippen LogP contribution in [0.4, 0.5) is 0 Å². The molecule has 2 aliphatic carbocycles. The molecular formula is C13H26IN3. The number of aliphatic imine (C=N–C) groups is 1. The first-order valence-electron chi connectivity index (χ1n) is 6.68. The third-order valence-corrected chi connectivity index (χ3v) is 4.22. The van der Waals surface area contributed by atoms with Gasteiger partial charge in [-0.15, -0.1) is 24.0 Å². The maximum absolute atomic E-state index is 5.97. The summed E-state index contributed by atoms with van der Waals surface area (Å²) in [6.45, 7) is 4.55. The Hall–Kier alpha value is 0. The molecule has 2 aliphatic rings. The van der Waals surface area contributed by atoms with Crippen LogP contribution < -0.4 is 11.1 Å². The van der Waals surface area contributed by atoms with E-state index in [-0.39, 0.29) is 24.0 Å². The van der Waals surface area contributed by atoms with Gasteiger partial charge in [0.25, 0.3) is 0 Å². The summed E-state index contributed by atoms with van der Waals surface area (Å²) in [4.78, 5) is 4.61. The van der Waals surface area contributed by atoms with E-state index < -0.39 is 0 Å². The Morgan fingerprint density at radius 1 is 1.18 bits per heavy atom. The van der Waals surface area contributed by atoms with E-state index >= 15 is 0 Å². The highest BCUT2D eigenvalue weighted by Gasteiger charge is 2.38. The molecule has 0 heterocycles. The summed E-state index contributed by atoms with van der Waals surface area (Å²) in [5.41, 5.74) is 6.33. The topological polar surface area (TPSA) is 50.4 Å². The molecule has 3 nitrogen and oxygen atoms in total. The molecule has 0 amide bonds. The van der Waals surface area contributed by atoms with Gasteiger partial charge in [-0.1, -0.05) is 33.1 Å². The van der Waals surface area contributed by atoms with Crippen molar-refractivity contribution in [2.45, 2.75) is 70.9 Å². The molecule has 0 aromatic carbocycles. The minimum atomic E-state index is 0. The van der Waals surface area contributed by atoms with E-state index in [4.69, 9.17) is 5.73 Å². The molecular weight excluding hydrogens is 325 g/mol. The number of guanidine groups is 1. The van der Waals surface area contributed by atoms with Crippen LogP contribution in [0.3, 0.4) is 0 Å². The molecule has 2 rings (SSSR count). The van der Waals surface area contributed by atoms with Gasteiger partial charge in [0.1, 0.15) is 0 Å². The summed E-state index contributed by atoms with van der Waals surface area (Å²) in [7, 11) is 0. The molecule has 2 saturated carbocycles. The summed E-state index contributed by atoms with van der Waals surface area (Å²) < 4.78 is 0. The van der Waals surface area contributed by atoms with Gasteiger partial charge in [-0.2, -0.15) is 0 Å². The van der Waals surface area contributed by atoms with Crippen LogP contribution in [-0.4, -0.2) is 18.0 Å². The van der Waals surface area contributed by atoms with Gasteiger partial charge in [0.2, 0.25) is 0 Å². The average Bonchev–Trinajstić information content (AvgIpc) is 2.26. The highest BCUT2D eigenvalue weighted by Crippen LogP contribution is 2.42. The largest absolute Gasteiger partial charge is 0.370 e. The van der Waals surface area contributed by atoms with Crippen molar-refractivity contribution in [3.05, 3.63) is 0 Å². The predicted molar refractivity (Wildman–Crippen MR) is 83.8 cm³/mol. The van der Waals surface area contributed by atoms with Crippen molar-refractivity contribution in [2.75, 3.05) is 0 Å². The van der Waals surface area contributed by atoms with E-state index in [1.165, 1.54) is 44.9 Å². The molecule has 2 fully saturated rings. The van der Waals surface area contributed by atoms with Crippen LogP contribution in [0.2, 0.25) is 0 Å². The molecule has 3 N–H and O–H groups in total. The van der Waals surface area contributed by atoms with Crippen molar-refractivity contribution < 1.29 is 0 Å². The van der Waals surface area contributed by atoms with Crippen molar-refractivity contribution in [2.24, 2.45) is 16.1 Å². The van der Waals surface area contributed by atoms with Gasteiger partial charge in [-0.05, 0) is 31.1 Å². The smallest absolute Gasteiger partial charge is 0.189 e. The van der Waals surface area contributed by atoms with Crippen LogP contribution in [-0.2, 0) is 0 Å². The molecule has 1 unspecified atom stereocenters. The molecule has 0 aromatic rings. The Morgan fingerprint density at radius 2 is 1.82 bits per heavy atom. The fourth-order valence-electron chi connectivity index (χ4n) is 2.75. The van der Waals surface area contributed by atoms with Crippen LogP contribution in [0.15, 0.2) is 4.99 Å². The molecule has 0 spiro atoms. The summed E-state index contributed by atoms with van der Waals surface area (Å²) in [5, 5.41) is 3.38. The van der Waals surface area contributed by atoms with Gasteiger partial charge in [-0.3, -0.25) is 0 Å². The number of nitrogens with one attached hydrogen (secondary N) is 1. The first-order chi connectivity index (χ1) is 7.58. The zero-order valence-electron chi connectivity index (χ0n) is 11.0. The van der Waals surface area contributed by atoms with Crippen molar-refractivity contribution in [1.29, 1.82) is 0 Å². The maximum Gasteiger partial charge on any atom is 0.189 e. The van der Waals surface area contributed by atoms with Gasteiger partial charge < -0.3 is 11.1 Å². The Balaban J connectivity index is 0.00000144. The third kappa shape index (κ3) is 4.00. The SMILES string of the molecule is CC1(C)CCC1N=C(N)NC1CCCCC1.I. The summed E-state index contributed by atoms with van der Waals surface area (Å²) in [6.07, 6.45) is 9.02. The second-order valence-corrected chi connectivity index (χ2v) is 6.04. The van der Waals surface area contributed by atoms with E-state index in [0.29, 0.717) is 23.5 Å². The fourth-order valence-corrected chi connectivity index (χ4v) is 2.75. The van der Waals surface area contributed by atoms with Gasteiger partial charge in [0, 0.05) is 6.04 Å². The monoisotopic (exact) mass is 351 g/mol. The summed E-state index contributed by atoms with van der Waals surface area (Å²) >= 11 is 0. The molecule has 0 radical (unpaired) electrons. The molecule has 0 aromatic heterocycles. The minimum Gasteiger partial charge on any atom is -0.370 e. The van der Waals surface area contributed by atoms with Crippen LogP contribution >= 0.6 is 24.0 Å². The van der Waals surface area contributed by atoms with E-state index in [1.807, 2.05) is 0 Å². The van der Waals surface area contributed by atoms with Crippen LogP contribution in [0, 0.1) is 5.41 Å². The van der Waals surface area contributed by atoms with Crippen LogP contribution in [0.5, 0.6) is 0 Å². The van der Waals surface area contributed by atoms with Crippen LogP contribution in [0.25, 0.3) is 0 Å². The molecule has 0 aliphatic heterocycles. The molecule has 0 saturated heterocycles. The summed E-state index contributed by atoms with van der Waals surface area (Å²) in [5.74, 6) is 0.671. The van der Waals surface area contributed by atoms with E-state index in [2.05, 4.69) is 24.2 Å². The summed E-state index contributed by atoms with van der Waals surface area (Å²) in [6, 6.07) is 1.00. The molecule has 0 bridgehead atoms. The zero-order chi connectivity index (χ0) is 11.6. The molecule has 17 heavy (non-hydrogen) atoms. The molecule has 1 atom stereocenters. The average molecular weight is 351 g/mol. The quantitative estimate of drug-likeness (QED) is 0.456. The number of nitrogens with two attached hydrogens (primary N) is 1. The Morgan fingerprint density at radius 3 is 2.29 bits per heavy atom. The van der Waals surface area contributed by atoms with E-state index in [9.17, 15) is 0 Å². The maximum atomic E-state index is 5.97. The Bertz CT molecular complexity index is 270. The third-order valence-electron chi connectivity index (χ3n) is 4.22. The number of hydrogen-bond acceptors (Lipinski definition) is 1. The number of hydrogen-bond donors (Lipinski definition) is 2. The lowest BCUT2D eigenvalue weighted by Gasteiger charge is -2.42. The van der Waals surface area contributed by atoms with Crippen molar-refractivity contribution in [3.8, 4) is 0 Å². The van der Waals surface area contributed by atoms with E-state index in [1.54, 1.807) is 0 Å². The van der Waals surface area contributed by atoms with Crippen LogP contribution in [0.1, 0.15) is 58.8 Å². The lowest BCUT2D eigenvalue weighted by molar-refractivity contribution is 0.145. The second kappa shape index (κ2) is 6.25. The number of nitrogens with zero attached hydrogens (tertiary/aromatic N) is 1. The van der Waals surface area contributed by atoms with Gasteiger partial charge in [0.15, 0.2) is 5.96 Å². The van der Waals surface area contributed by atoms with Crippen molar-refractivity contribution in [3.63, 3.8) is 0 Å². The van der Waals surface area contributed by atoms with E-state index in [0.717, 1.165) is 0 Å². The Kier molecular flexibility index (Phi) is 5.54. The first-order valence-corrected chi connectivity index (χ1v) is 6.68. The number of rotatable bonds is 2. The predicted octanol–water partition coefficient (Wildman–Crippen LogP) is 3.03. The van der Waals surface area contributed by atoms with Gasteiger partial charge >= 0.3 is 0 Å². The normalized spacial score (nSPS) is 29.1. The molecule has 4 heteroatoms. The lowest BCUT2D eigenvalue weighted by Crippen LogP contribution is -2.45. The van der Waals surface area contributed by atoms with Gasteiger partial charge in [0.05, 0.1) is 6.04 Å². The molecule has 100 valence electrons.